The van der Waals surface area contributed by atoms with Gasteiger partial charge in [-0.2, -0.15) is 0 Å². The summed E-state index contributed by atoms with van der Waals surface area (Å²) in [5.41, 5.74) is 1.94. The van der Waals surface area contributed by atoms with Crippen LogP contribution in [0.2, 0.25) is 0 Å². The molecule has 3 rings (SSSR count). The van der Waals surface area contributed by atoms with Crippen LogP contribution in [-0.2, 0) is 0 Å². The Morgan fingerprint density at radius 3 is 2.61 bits per heavy atom. The fourth-order valence-electron chi connectivity index (χ4n) is 2.74. The molecule has 23 heavy (non-hydrogen) atoms. The Bertz CT molecular complexity index is 679. The molecule has 0 atom stereocenters. The van der Waals surface area contributed by atoms with E-state index < -0.39 is 0 Å². The number of anilines is 2. The summed E-state index contributed by atoms with van der Waals surface area (Å²) < 4.78 is 12.9. The number of aromatic nitrogens is 1. The smallest absolute Gasteiger partial charge is 0.274 e. The molecule has 0 bridgehead atoms. The number of piperidine rings is 1. The summed E-state index contributed by atoms with van der Waals surface area (Å²) >= 11 is 0. The zero-order chi connectivity index (χ0) is 16.2. The summed E-state index contributed by atoms with van der Waals surface area (Å²) in [6, 6.07) is 9.44. The molecule has 0 radical (unpaired) electrons. The van der Waals surface area contributed by atoms with Gasteiger partial charge in [-0.3, -0.25) is 9.78 Å². The molecule has 2 aromatic rings. The van der Waals surface area contributed by atoms with E-state index in [-0.39, 0.29) is 11.7 Å². The predicted octanol–water partition coefficient (Wildman–Crippen LogP) is 3.71. The standard InChI is InChI=1S/C18H20FN3O/c1-13-7-10-22(11-8-13)16-6-9-20-17(12-16)18(23)21-15-4-2-14(19)3-5-15/h2-6,9,12-13H,7-8,10-11H2,1H3,(H,21,23). The largest absolute Gasteiger partial charge is 0.371 e. The van der Waals surface area contributed by atoms with E-state index in [1.807, 2.05) is 12.1 Å². The van der Waals surface area contributed by atoms with Gasteiger partial charge in [0.15, 0.2) is 0 Å². The zero-order valence-electron chi connectivity index (χ0n) is 13.1. The molecule has 1 aromatic heterocycles. The lowest BCUT2D eigenvalue weighted by Crippen LogP contribution is -2.33. The molecule has 120 valence electrons. The normalized spacial score (nSPS) is 15.5. The highest BCUT2D eigenvalue weighted by Gasteiger charge is 2.17. The van der Waals surface area contributed by atoms with Crippen molar-refractivity contribution in [3.63, 3.8) is 0 Å². The van der Waals surface area contributed by atoms with Gasteiger partial charge in [-0.05, 0) is 55.2 Å². The third kappa shape index (κ3) is 3.86. The van der Waals surface area contributed by atoms with Gasteiger partial charge in [0.2, 0.25) is 0 Å². The lowest BCUT2D eigenvalue weighted by atomic mass is 9.99. The van der Waals surface area contributed by atoms with E-state index >= 15 is 0 Å². The van der Waals surface area contributed by atoms with E-state index in [0.29, 0.717) is 11.4 Å². The first-order valence-corrected chi connectivity index (χ1v) is 7.90. The lowest BCUT2D eigenvalue weighted by Gasteiger charge is -2.32. The summed E-state index contributed by atoms with van der Waals surface area (Å²) in [4.78, 5) is 18.7. The van der Waals surface area contributed by atoms with Crippen LogP contribution in [0.4, 0.5) is 15.8 Å². The fraction of sp³-hybridized carbons (Fsp3) is 0.333. The SMILES string of the molecule is CC1CCN(c2ccnc(C(=O)Nc3ccc(F)cc3)c2)CC1. The Hall–Kier alpha value is -2.43. The van der Waals surface area contributed by atoms with E-state index in [1.54, 1.807) is 6.20 Å². The quantitative estimate of drug-likeness (QED) is 0.939. The van der Waals surface area contributed by atoms with Gasteiger partial charge in [-0.1, -0.05) is 6.92 Å². The van der Waals surface area contributed by atoms with Crippen LogP contribution in [0.1, 0.15) is 30.3 Å². The van der Waals surface area contributed by atoms with E-state index in [9.17, 15) is 9.18 Å². The van der Waals surface area contributed by atoms with Crippen LogP contribution in [0.3, 0.4) is 0 Å². The topological polar surface area (TPSA) is 45.2 Å². The van der Waals surface area contributed by atoms with Gasteiger partial charge in [0.05, 0.1) is 0 Å². The average molecular weight is 313 g/mol. The average Bonchev–Trinajstić information content (AvgIpc) is 2.58. The Morgan fingerprint density at radius 2 is 1.91 bits per heavy atom. The molecule has 1 aliphatic rings. The maximum Gasteiger partial charge on any atom is 0.274 e. The van der Waals surface area contributed by atoms with Crippen molar-refractivity contribution >= 4 is 17.3 Å². The zero-order valence-corrected chi connectivity index (χ0v) is 13.1. The van der Waals surface area contributed by atoms with Crippen molar-refractivity contribution < 1.29 is 9.18 Å². The molecular weight excluding hydrogens is 293 g/mol. The van der Waals surface area contributed by atoms with Crippen molar-refractivity contribution in [1.29, 1.82) is 0 Å². The third-order valence-corrected chi connectivity index (χ3v) is 4.23. The minimum Gasteiger partial charge on any atom is -0.371 e. The summed E-state index contributed by atoms with van der Waals surface area (Å²) in [5, 5.41) is 2.74. The van der Waals surface area contributed by atoms with E-state index in [2.05, 4.69) is 22.1 Å². The number of nitrogens with zero attached hydrogens (tertiary/aromatic N) is 2. The number of rotatable bonds is 3. The number of carbonyl (C=O) groups is 1. The minimum absolute atomic E-state index is 0.288. The molecule has 5 heteroatoms. The van der Waals surface area contributed by atoms with Crippen LogP contribution in [0.25, 0.3) is 0 Å². The van der Waals surface area contributed by atoms with Crippen LogP contribution in [-0.4, -0.2) is 24.0 Å². The maximum absolute atomic E-state index is 12.9. The molecule has 4 nitrogen and oxygen atoms in total. The van der Waals surface area contributed by atoms with Gasteiger partial charge >= 0.3 is 0 Å². The molecule has 0 unspecified atom stereocenters. The molecule has 0 aliphatic carbocycles. The Kier molecular flexibility index (Phi) is 4.55. The number of hydrogen-bond donors (Lipinski definition) is 1. The second kappa shape index (κ2) is 6.77. The molecule has 1 aromatic carbocycles. The second-order valence-electron chi connectivity index (χ2n) is 6.03. The summed E-state index contributed by atoms with van der Waals surface area (Å²) in [6.45, 7) is 4.28. The van der Waals surface area contributed by atoms with Gasteiger partial charge in [0.1, 0.15) is 11.5 Å². The molecule has 0 saturated carbocycles. The lowest BCUT2D eigenvalue weighted by molar-refractivity contribution is 0.102. The molecule has 2 heterocycles. The molecule has 0 spiro atoms. The van der Waals surface area contributed by atoms with Crippen LogP contribution < -0.4 is 10.2 Å². The molecule has 1 N–H and O–H groups in total. The fourth-order valence-corrected chi connectivity index (χ4v) is 2.74. The summed E-state index contributed by atoms with van der Waals surface area (Å²) in [7, 11) is 0. The predicted molar refractivity (Wildman–Crippen MR) is 89.2 cm³/mol. The van der Waals surface area contributed by atoms with E-state index in [4.69, 9.17) is 0 Å². The van der Waals surface area contributed by atoms with Crippen molar-refractivity contribution in [2.75, 3.05) is 23.3 Å². The van der Waals surface area contributed by atoms with Crippen molar-refractivity contribution in [3.8, 4) is 0 Å². The van der Waals surface area contributed by atoms with Crippen LogP contribution in [0, 0.1) is 11.7 Å². The molecule has 1 saturated heterocycles. The van der Waals surface area contributed by atoms with E-state index in [1.165, 1.54) is 37.1 Å². The number of hydrogen-bond acceptors (Lipinski definition) is 3. The first kappa shape index (κ1) is 15.5. The highest BCUT2D eigenvalue weighted by Crippen LogP contribution is 2.23. The molecule has 1 aliphatic heterocycles. The molecule has 1 amide bonds. The van der Waals surface area contributed by atoms with Crippen molar-refractivity contribution in [3.05, 3.63) is 54.1 Å². The summed E-state index contributed by atoms with van der Waals surface area (Å²) in [6.07, 6.45) is 3.99. The maximum atomic E-state index is 12.9. The van der Waals surface area contributed by atoms with Gasteiger partial charge in [-0.25, -0.2) is 4.39 Å². The molecule has 1 fully saturated rings. The first-order chi connectivity index (χ1) is 11.1. The van der Waals surface area contributed by atoms with Crippen molar-refractivity contribution in [2.24, 2.45) is 5.92 Å². The number of amides is 1. The Balaban J connectivity index is 1.71. The number of pyridine rings is 1. The monoisotopic (exact) mass is 313 g/mol. The highest BCUT2D eigenvalue weighted by molar-refractivity contribution is 6.03. The van der Waals surface area contributed by atoms with Gasteiger partial charge in [-0.15, -0.1) is 0 Å². The number of nitrogens with one attached hydrogen (secondary N) is 1. The number of halogens is 1. The summed E-state index contributed by atoms with van der Waals surface area (Å²) in [5.74, 6) is 0.139. The van der Waals surface area contributed by atoms with Gasteiger partial charge in [0.25, 0.3) is 5.91 Å². The van der Waals surface area contributed by atoms with Crippen LogP contribution >= 0.6 is 0 Å². The number of benzene rings is 1. The Labute approximate surface area is 135 Å². The minimum atomic E-state index is -0.331. The first-order valence-electron chi connectivity index (χ1n) is 7.90. The van der Waals surface area contributed by atoms with E-state index in [0.717, 1.165) is 24.7 Å². The highest BCUT2D eigenvalue weighted by atomic mass is 19.1. The van der Waals surface area contributed by atoms with Crippen LogP contribution in [0.15, 0.2) is 42.6 Å². The third-order valence-electron chi connectivity index (χ3n) is 4.23. The number of carbonyl (C=O) groups excluding carboxylic acids is 1. The van der Waals surface area contributed by atoms with Gasteiger partial charge in [0, 0.05) is 30.7 Å². The second-order valence-corrected chi connectivity index (χ2v) is 6.03. The van der Waals surface area contributed by atoms with Crippen molar-refractivity contribution in [2.45, 2.75) is 19.8 Å². The molecular formula is C18H20FN3O. The Morgan fingerprint density at radius 1 is 1.22 bits per heavy atom. The van der Waals surface area contributed by atoms with Crippen LogP contribution in [0.5, 0.6) is 0 Å². The van der Waals surface area contributed by atoms with Crippen molar-refractivity contribution in [1.82, 2.24) is 4.98 Å². The van der Waals surface area contributed by atoms with Gasteiger partial charge < -0.3 is 10.2 Å².